The molecule has 6 rings (SSSR count). The monoisotopic (exact) mass is 412 g/mol. The van der Waals surface area contributed by atoms with Crippen LogP contribution in [0, 0.1) is 52.3 Å². The van der Waals surface area contributed by atoms with Crippen molar-refractivity contribution in [2.45, 2.75) is 91.0 Å². The molecule has 3 heteroatoms. The first-order valence-corrected chi connectivity index (χ1v) is 12.8. The van der Waals surface area contributed by atoms with E-state index in [0.717, 1.165) is 37.2 Å². The van der Waals surface area contributed by atoms with Crippen molar-refractivity contribution >= 4 is 5.78 Å². The van der Waals surface area contributed by atoms with Gasteiger partial charge in [0.05, 0.1) is 12.7 Å². The van der Waals surface area contributed by atoms with Crippen molar-refractivity contribution in [2.24, 2.45) is 52.3 Å². The first kappa shape index (κ1) is 20.0. The highest BCUT2D eigenvalue weighted by molar-refractivity contribution is 5.91. The third-order valence-corrected chi connectivity index (χ3v) is 11.3. The number of allylic oxidation sites excluding steroid dienone is 2. The molecule has 1 spiro atoms. The van der Waals surface area contributed by atoms with Crippen LogP contribution < -0.4 is 0 Å². The van der Waals surface area contributed by atoms with E-state index < -0.39 is 0 Å². The van der Waals surface area contributed by atoms with Crippen LogP contribution in [-0.2, 0) is 14.3 Å². The third kappa shape index (κ3) is 2.48. The van der Waals surface area contributed by atoms with E-state index in [1.807, 2.05) is 6.08 Å². The summed E-state index contributed by atoms with van der Waals surface area (Å²) in [5.74, 6) is 4.74. The van der Waals surface area contributed by atoms with Gasteiger partial charge < -0.3 is 9.47 Å². The molecular formula is C27H40O3. The highest BCUT2D eigenvalue weighted by Gasteiger charge is 2.68. The zero-order valence-corrected chi connectivity index (χ0v) is 19.4. The van der Waals surface area contributed by atoms with E-state index in [2.05, 4.69) is 33.8 Å². The van der Waals surface area contributed by atoms with Gasteiger partial charge in [-0.15, -0.1) is 0 Å². The molecule has 11 atom stereocenters. The smallest absolute Gasteiger partial charge is 0.171 e. The number of ether oxygens (including phenoxy) is 2. The van der Waals surface area contributed by atoms with Crippen molar-refractivity contribution in [3.63, 3.8) is 0 Å². The molecule has 0 amide bonds. The first-order chi connectivity index (χ1) is 14.3. The van der Waals surface area contributed by atoms with E-state index in [1.165, 1.54) is 38.5 Å². The van der Waals surface area contributed by atoms with Crippen molar-refractivity contribution in [1.82, 2.24) is 0 Å². The quantitative estimate of drug-likeness (QED) is 0.506. The number of carbonyl (C=O) groups excluding carboxylic acids is 1. The minimum Gasteiger partial charge on any atom is -0.349 e. The van der Waals surface area contributed by atoms with Gasteiger partial charge >= 0.3 is 0 Å². The Morgan fingerprint density at radius 1 is 1.03 bits per heavy atom. The van der Waals surface area contributed by atoms with Gasteiger partial charge in [-0.2, -0.15) is 0 Å². The fourth-order valence-electron chi connectivity index (χ4n) is 9.65. The Hall–Kier alpha value is -0.670. The summed E-state index contributed by atoms with van der Waals surface area (Å²) in [5, 5.41) is 0. The molecule has 0 bridgehead atoms. The Kier molecular flexibility index (Phi) is 4.29. The maximum atomic E-state index is 12.1. The fourth-order valence-corrected chi connectivity index (χ4v) is 9.65. The number of ketones is 1. The zero-order valence-electron chi connectivity index (χ0n) is 19.4. The minimum absolute atomic E-state index is 0.228. The largest absolute Gasteiger partial charge is 0.349 e. The molecule has 2 saturated heterocycles. The van der Waals surface area contributed by atoms with Crippen molar-refractivity contribution in [1.29, 1.82) is 0 Å². The number of carbonyl (C=O) groups is 1. The molecule has 0 aromatic carbocycles. The summed E-state index contributed by atoms with van der Waals surface area (Å²) in [6, 6.07) is 0. The molecule has 6 aliphatic rings. The van der Waals surface area contributed by atoms with Gasteiger partial charge in [0.25, 0.3) is 0 Å². The van der Waals surface area contributed by atoms with Gasteiger partial charge in [0.2, 0.25) is 0 Å². The molecular weight excluding hydrogens is 372 g/mol. The van der Waals surface area contributed by atoms with E-state index >= 15 is 0 Å². The normalized spacial score (nSPS) is 59.5. The lowest BCUT2D eigenvalue weighted by Crippen LogP contribution is -2.53. The molecule has 0 N–H and O–H groups in total. The van der Waals surface area contributed by atoms with E-state index in [0.29, 0.717) is 41.0 Å². The summed E-state index contributed by atoms with van der Waals surface area (Å²) in [5.41, 5.74) is 0.616. The maximum Gasteiger partial charge on any atom is 0.171 e. The molecule has 2 heterocycles. The average molecular weight is 413 g/mol. The summed E-state index contributed by atoms with van der Waals surface area (Å²) >= 11 is 0. The average Bonchev–Trinajstić information content (AvgIpc) is 3.16. The van der Waals surface area contributed by atoms with Crippen LogP contribution in [-0.4, -0.2) is 24.3 Å². The van der Waals surface area contributed by atoms with E-state index in [1.54, 1.807) is 0 Å². The Morgan fingerprint density at radius 2 is 1.87 bits per heavy atom. The molecule has 4 aliphatic carbocycles. The Morgan fingerprint density at radius 3 is 2.63 bits per heavy atom. The highest BCUT2D eigenvalue weighted by atomic mass is 16.7. The summed E-state index contributed by atoms with van der Waals surface area (Å²) < 4.78 is 13.3. The van der Waals surface area contributed by atoms with Gasteiger partial charge in [0, 0.05) is 18.8 Å². The number of rotatable bonds is 0. The van der Waals surface area contributed by atoms with E-state index in [4.69, 9.17) is 9.47 Å². The minimum atomic E-state index is -0.303. The second-order valence-corrected chi connectivity index (χ2v) is 12.5. The maximum absolute atomic E-state index is 12.1. The van der Waals surface area contributed by atoms with Gasteiger partial charge in [-0.3, -0.25) is 4.79 Å². The van der Waals surface area contributed by atoms with Crippen LogP contribution in [0.3, 0.4) is 0 Å². The Labute approximate surface area is 182 Å². The Balaban J connectivity index is 1.28. The third-order valence-electron chi connectivity index (χ3n) is 11.3. The van der Waals surface area contributed by atoms with Crippen LogP contribution in [0.5, 0.6) is 0 Å². The standard InChI is InChI=1S/C27H40O3/c1-16-7-12-27(29-15-16)17(2)24-23(30-27)14-22-20-6-5-18-13-19(28)8-10-25(18,3)21(20)9-11-26(22,24)4/h8,10,16-18,20-24H,5-7,9,11-15H2,1-4H3/t16-,17-,18-,20+,21-,22-,23-,24+,25-,26-,27+/m1/s1. The second-order valence-electron chi connectivity index (χ2n) is 12.5. The summed E-state index contributed by atoms with van der Waals surface area (Å²) in [4.78, 5) is 12.1. The molecule has 30 heavy (non-hydrogen) atoms. The van der Waals surface area contributed by atoms with Gasteiger partial charge in [-0.1, -0.05) is 33.8 Å². The topological polar surface area (TPSA) is 35.5 Å². The highest BCUT2D eigenvalue weighted by Crippen LogP contribution is 2.70. The van der Waals surface area contributed by atoms with E-state index in [-0.39, 0.29) is 11.2 Å². The van der Waals surface area contributed by atoms with Crippen LogP contribution in [0.4, 0.5) is 0 Å². The summed E-state index contributed by atoms with van der Waals surface area (Å²) in [6.45, 7) is 10.7. The number of hydrogen-bond donors (Lipinski definition) is 0. The molecule has 5 fully saturated rings. The lowest BCUT2D eigenvalue weighted by Gasteiger charge is -2.59. The van der Waals surface area contributed by atoms with Crippen LogP contribution >= 0.6 is 0 Å². The lowest BCUT2D eigenvalue weighted by atomic mass is 9.45. The second kappa shape index (κ2) is 6.44. The Bertz CT molecular complexity index is 764. The SMILES string of the molecule is C[C@@H]1CC[C@]2(OC1)O[C@@H]1C[C@@H]3[C@H]4CC[C@@H]5CC(=O)C=C[C@@]5(C)[C@@H]4CC[C@@]3(C)[C@H]1[C@H]2C. The first-order valence-electron chi connectivity index (χ1n) is 12.8. The van der Waals surface area contributed by atoms with Gasteiger partial charge in [0.1, 0.15) is 0 Å². The molecule has 0 radical (unpaired) electrons. The van der Waals surface area contributed by atoms with Gasteiger partial charge in [-0.25, -0.2) is 0 Å². The van der Waals surface area contributed by atoms with Crippen molar-refractivity contribution < 1.29 is 14.3 Å². The number of hydrogen-bond acceptors (Lipinski definition) is 3. The van der Waals surface area contributed by atoms with Crippen molar-refractivity contribution in [2.75, 3.05) is 6.61 Å². The molecule has 0 unspecified atom stereocenters. The zero-order chi connectivity index (χ0) is 20.9. The molecule has 3 nitrogen and oxygen atoms in total. The number of fused-ring (bicyclic) bond motifs is 7. The van der Waals surface area contributed by atoms with Crippen LogP contribution in [0.15, 0.2) is 12.2 Å². The lowest BCUT2D eigenvalue weighted by molar-refractivity contribution is -0.272. The molecule has 3 saturated carbocycles. The fraction of sp³-hybridized carbons (Fsp3) is 0.889. The van der Waals surface area contributed by atoms with Gasteiger partial charge in [0.15, 0.2) is 11.6 Å². The van der Waals surface area contributed by atoms with Crippen molar-refractivity contribution in [3.05, 3.63) is 12.2 Å². The van der Waals surface area contributed by atoms with Crippen LogP contribution in [0.2, 0.25) is 0 Å². The predicted molar refractivity (Wildman–Crippen MR) is 117 cm³/mol. The molecule has 166 valence electrons. The molecule has 2 aliphatic heterocycles. The molecule has 0 aromatic rings. The summed E-state index contributed by atoms with van der Waals surface area (Å²) in [7, 11) is 0. The van der Waals surface area contributed by atoms with Crippen LogP contribution in [0.1, 0.15) is 79.1 Å². The summed E-state index contributed by atoms with van der Waals surface area (Å²) in [6.07, 6.45) is 14.1. The van der Waals surface area contributed by atoms with E-state index in [9.17, 15) is 4.79 Å². The van der Waals surface area contributed by atoms with Crippen LogP contribution in [0.25, 0.3) is 0 Å². The predicted octanol–water partition coefficient (Wildman–Crippen LogP) is 5.78. The van der Waals surface area contributed by atoms with Gasteiger partial charge in [-0.05, 0) is 90.9 Å². The van der Waals surface area contributed by atoms with Crippen molar-refractivity contribution in [3.8, 4) is 0 Å². The molecule has 0 aromatic heterocycles.